The normalized spacial score (nSPS) is 18.9. The summed E-state index contributed by atoms with van der Waals surface area (Å²) in [7, 11) is 0. The Labute approximate surface area is 184 Å². The zero-order valence-corrected chi connectivity index (χ0v) is 17.2. The number of hydrogen-bond donors (Lipinski definition) is 1. The molecule has 9 heteroatoms. The summed E-state index contributed by atoms with van der Waals surface area (Å²) in [6.45, 7) is 0. The van der Waals surface area contributed by atoms with Gasteiger partial charge in [0.05, 0.1) is 17.8 Å². The zero-order chi connectivity index (χ0) is 22.5. The van der Waals surface area contributed by atoms with Crippen LogP contribution >= 0.6 is 11.3 Å². The minimum absolute atomic E-state index is 0.111. The van der Waals surface area contributed by atoms with Crippen molar-refractivity contribution in [3.8, 4) is 11.3 Å². The molecule has 0 spiro atoms. The number of alkyl halides is 3. The van der Waals surface area contributed by atoms with E-state index in [0.717, 1.165) is 22.1 Å². The average Bonchev–Trinajstić information content (AvgIpc) is 3.39. The molecule has 1 aliphatic rings. The van der Waals surface area contributed by atoms with Crippen LogP contribution < -0.4 is 5.01 Å². The van der Waals surface area contributed by atoms with Crippen LogP contribution in [0.4, 0.5) is 22.7 Å². The number of rotatable bonds is 3. The second kappa shape index (κ2) is 7.39. The highest BCUT2D eigenvalue weighted by Gasteiger charge is 2.62. The Morgan fingerprint density at radius 3 is 2.44 bits per heavy atom. The number of hydrazone groups is 1. The molecule has 5 rings (SSSR count). The van der Waals surface area contributed by atoms with Crippen molar-refractivity contribution < 1.29 is 22.7 Å². The van der Waals surface area contributed by atoms with E-state index in [1.54, 1.807) is 29.6 Å². The van der Waals surface area contributed by atoms with E-state index in [0.29, 0.717) is 21.8 Å². The van der Waals surface area contributed by atoms with Gasteiger partial charge in [0.25, 0.3) is 5.72 Å². The van der Waals surface area contributed by atoms with Gasteiger partial charge in [0.2, 0.25) is 5.13 Å². The molecule has 1 atom stereocenters. The Morgan fingerprint density at radius 1 is 0.969 bits per heavy atom. The third kappa shape index (κ3) is 3.34. The van der Waals surface area contributed by atoms with Gasteiger partial charge in [-0.25, -0.2) is 9.37 Å². The third-order valence-electron chi connectivity index (χ3n) is 5.35. The molecule has 0 bridgehead atoms. The van der Waals surface area contributed by atoms with E-state index < -0.39 is 24.1 Å². The number of aromatic nitrogens is 1. The molecule has 0 saturated carbocycles. The van der Waals surface area contributed by atoms with Gasteiger partial charge in [0, 0.05) is 16.5 Å². The van der Waals surface area contributed by atoms with E-state index in [9.17, 15) is 22.7 Å². The summed E-state index contributed by atoms with van der Waals surface area (Å²) >= 11 is 0.919. The number of halogens is 4. The molecule has 0 radical (unpaired) electrons. The lowest BCUT2D eigenvalue weighted by Crippen LogP contribution is -2.55. The number of nitrogens with zero attached hydrogens (tertiary/aromatic N) is 3. The van der Waals surface area contributed by atoms with Crippen molar-refractivity contribution in [3.63, 3.8) is 0 Å². The summed E-state index contributed by atoms with van der Waals surface area (Å²) in [6.07, 6.45) is -5.72. The predicted octanol–water partition coefficient (Wildman–Crippen LogP) is 5.97. The molecule has 4 aromatic rings. The lowest BCUT2D eigenvalue weighted by atomic mass is 9.96. The van der Waals surface area contributed by atoms with Crippen LogP contribution in [0.25, 0.3) is 22.0 Å². The fraction of sp³-hybridized carbons (Fsp3) is 0.130. The Hall–Kier alpha value is -3.30. The van der Waals surface area contributed by atoms with Gasteiger partial charge in [-0.05, 0) is 35.0 Å². The van der Waals surface area contributed by atoms with Crippen LogP contribution in [0.3, 0.4) is 0 Å². The topological polar surface area (TPSA) is 48.7 Å². The Balaban J connectivity index is 1.60. The molecule has 162 valence electrons. The molecule has 1 N–H and O–H groups in total. The molecule has 0 aliphatic carbocycles. The quantitative estimate of drug-likeness (QED) is 0.386. The SMILES string of the molecule is O[C@@]1(C(F)(F)F)CC(c2cccc3ccccc23)=NN1c1nc(-c2ccc(F)cc2)cs1. The summed E-state index contributed by atoms with van der Waals surface area (Å²) in [4.78, 5) is 4.25. The van der Waals surface area contributed by atoms with Gasteiger partial charge in [-0.2, -0.15) is 23.3 Å². The third-order valence-corrected chi connectivity index (χ3v) is 6.17. The van der Waals surface area contributed by atoms with Gasteiger partial charge in [0.1, 0.15) is 5.82 Å². The average molecular weight is 457 g/mol. The van der Waals surface area contributed by atoms with E-state index in [2.05, 4.69) is 10.1 Å². The number of thiazole rings is 1. The molecular weight excluding hydrogens is 442 g/mol. The molecule has 0 saturated heterocycles. The number of hydrogen-bond acceptors (Lipinski definition) is 5. The smallest absolute Gasteiger partial charge is 0.362 e. The molecule has 2 heterocycles. The van der Waals surface area contributed by atoms with Crippen molar-refractivity contribution in [2.75, 3.05) is 5.01 Å². The van der Waals surface area contributed by atoms with Crippen molar-refractivity contribution in [2.24, 2.45) is 5.10 Å². The fourth-order valence-electron chi connectivity index (χ4n) is 3.71. The van der Waals surface area contributed by atoms with Crippen molar-refractivity contribution in [1.82, 2.24) is 4.98 Å². The van der Waals surface area contributed by atoms with Crippen LogP contribution in [0.2, 0.25) is 0 Å². The Morgan fingerprint density at radius 2 is 1.69 bits per heavy atom. The molecule has 4 nitrogen and oxygen atoms in total. The van der Waals surface area contributed by atoms with E-state index >= 15 is 0 Å². The number of fused-ring (bicyclic) bond motifs is 1. The Bertz CT molecular complexity index is 1330. The summed E-state index contributed by atoms with van der Waals surface area (Å²) < 4.78 is 55.3. The van der Waals surface area contributed by atoms with Crippen LogP contribution in [-0.4, -0.2) is 27.7 Å². The van der Waals surface area contributed by atoms with Crippen LogP contribution in [0.1, 0.15) is 12.0 Å². The van der Waals surface area contributed by atoms with E-state index in [-0.39, 0.29) is 10.8 Å². The van der Waals surface area contributed by atoms with Gasteiger partial charge < -0.3 is 5.11 Å². The van der Waals surface area contributed by atoms with Crippen LogP contribution in [0, 0.1) is 5.82 Å². The van der Waals surface area contributed by atoms with Crippen LogP contribution in [0.5, 0.6) is 0 Å². The molecule has 1 aliphatic heterocycles. The van der Waals surface area contributed by atoms with Crippen molar-refractivity contribution in [2.45, 2.75) is 18.3 Å². The molecule has 0 unspecified atom stereocenters. The minimum atomic E-state index is -4.98. The minimum Gasteiger partial charge on any atom is -0.362 e. The summed E-state index contributed by atoms with van der Waals surface area (Å²) in [5.41, 5.74) is -1.70. The van der Waals surface area contributed by atoms with Gasteiger partial charge in [-0.15, -0.1) is 11.3 Å². The highest BCUT2D eigenvalue weighted by molar-refractivity contribution is 7.14. The van der Waals surface area contributed by atoms with Gasteiger partial charge in [0.15, 0.2) is 0 Å². The van der Waals surface area contributed by atoms with E-state index in [1.165, 1.54) is 24.3 Å². The van der Waals surface area contributed by atoms with Crippen LogP contribution in [0.15, 0.2) is 77.2 Å². The van der Waals surface area contributed by atoms with E-state index in [4.69, 9.17) is 0 Å². The van der Waals surface area contributed by atoms with Crippen molar-refractivity contribution >= 4 is 33.0 Å². The number of benzene rings is 3. The maximum atomic E-state index is 14.0. The fourth-order valence-corrected chi connectivity index (χ4v) is 4.56. The first-order valence-corrected chi connectivity index (χ1v) is 10.5. The maximum Gasteiger partial charge on any atom is 0.438 e. The standard InChI is InChI=1S/C23H15F4N3OS/c24-16-10-8-15(9-11-16)20-13-32-21(28-20)30-22(31,23(25,26)27)12-19(29-30)18-7-3-5-14-4-1-2-6-17(14)18/h1-11,13,31H,12H2/t22-/m1/s1. The molecule has 0 amide bonds. The molecule has 1 aromatic heterocycles. The van der Waals surface area contributed by atoms with Gasteiger partial charge in [-0.1, -0.05) is 42.5 Å². The first-order chi connectivity index (χ1) is 15.3. The summed E-state index contributed by atoms with van der Waals surface area (Å²) in [6, 6.07) is 18.0. The lowest BCUT2D eigenvalue weighted by Gasteiger charge is -2.32. The first-order valence-electron chi connectivity index (χ1n) is 9.63. The van der Waals surface area contributed by atoms with Crippen molar-refractivity contribution in [1.29, 1.82) is 0 Å². The van der Waals surface area contributed by atoms with Gasteiger partial charge in [-0.3, -0.25) is 0 Å². The lowest BCUT2D eigenvalue weighted by molar-refractivity contribution is -0.254. The van der Waals surface area contributed by atoms with E-state index in [1.807, 2.05) is 18.2 Å². The first kappa shape index (κ1) is 20.6. The highest BCUT2D eigenvalue weighted by Crippen LogP contribution is 2.45. The second-order valence-electron chi connectivity index (χ2n) is 7.40. The molecular formula is C23H15F4N3OS. The molecule has 32 heavy (non-hydrogen) atoms. The zero-order valence-electron chi connectivity index (χ0n) is 16.3. The summed E-state index contributed by atoms with van der Waals surface area (Å²) in [5.74, 6) is -0.431. The number of anilines is 1. The summed E-state index contributed by atoms with van der Waals surface area (Å²) in [5, 5.41) is 18.5. The number of aliphatic hydroxyl groups is 1. The van der Waals surface area contributed by atoms with Crippen molar-refractivity contribution in [3.05, 3.63) is 83.5 Å². The largest absolute Gasteiger partial charge is 0.438 e. The maximum absolute atomic E-state index is 14.0. The van der Waals surface area contributed by atoms with Gasteiger partial charge >= 0.3 is 6.18 Å². The predicted molar refractivity (Wildman–Crippen MR) is 116 cm³/mol. The Kier molecular flexibility index (Phi) is 4.75. The monoisotopic (exact) mass is 457 g/mol. The second-order valence-corrected chi connectivity index (χ2v) is 8.24. The molecule has 3 aromatic carbocycles. The highest BCUT2D eigenvalue weighted by atomic mass is 32.1. The molecule has 0 fully saturated rings. The van der Waals surface area contributed by atoms with Crippen LogP contribution in [-0.2, 0) is 0 Å².